The van der Waals surface area contributed by atoms with Crippen LogP contribution in [0.5, 0.6) is 0 Å². The molecule has 1 aliphatic heterocycles. The van der Waals surface area contributed by atoms with Crippen molar-refractivity contribution in [2.45, 2.75) is 13.8 Å². The number of piperazine rings is 1. The second kappa shape index (κ2) is 7.04. The van der Waals surface area contributed by atoms with E-state index >= 15 is 0 Å². The van der Waals surface area contributed by atoms with E-state index in [1.807, 2.05) is 19.1 Å². The summed E-state index contributed by atoms with van der Waals surface area (Å²) in [7, 11) is 0. The summed E-state index contributed by atoms with van der Waals surface area (Å²) in [5.41, 5.74) is 1.65. The van der Waals surface area contributed by atoms with Gasteiger partial charge in [0.05, 0.1) is 0 Å². The van der Waals surface area contributed by atoms with Crippen LogP contribution in [0.2, 0.25) is 0 Å². The molecule has 1 aromatic rings. The number of rotatable bonds is 2. The van der Waals surface area contributed by atoms with Gasteiger partial charge in [0.25, 0.3) is 0 Å². The van der Waals surface area contributed by atoms with E-state index in [9.17, 15) is 9.59 Å². The van der Waals surface area contributed by atoms with Gasteiger partial charge in [0, 0.05) is 36.3 Å². The Hall–Kier alpha value is -1.40. The first kappa shape index (κ1) is 16.0. The van der Waals surface area contributed by atoms with Crippen molar-refractivity contribution < 1.29 is 9.59 Å². The first-order valence-electron chi connectivity index (χ1n) is 7.10. The van der Waals surface area contributed by atoms with E-state index in [1.54, 1.807) is 11.0 Å². The highest BCUT2D eigenvalue weighted by molar-refractivity contribution is 9.10. The molecule has 1 N–H and O–H groups in total. The van der Waals surface area contributed by atoms with Crippen LogP contribution in [-0.2, 0) is 9.59 Å². The van der Waals surface area contributed by atoms with Gasteiger partial charge in [-0.2, -0.15) is 0 Å². The van der Waals surface area contributed by atoms with Gasteiger partial charge >= 0.3 is 11.8 Å². The summed E-state index contributed by atoms with van der Waals surface area (Å²) in [6, 6.07) is 5.47. The Kier molecular flexibility index (Phi) is 5.36. The summed E-state index contributed by atoms with van der Waals surface area (Å²) in [5, 5.41) is 2.67. The number of aryl methyl sites for hydroxylation is 1. The largest absolute Gasteiger partial charge is 0.332 e. The minimum Gasteiger partial charge on any atom is -0.332 e. The Morgan fingerprint density at radius 1 is 1.24 bits per heavy atom. The van der Waals surface area contributed by atoms with Crippen LogP contribution in [0.25, 0.3) is 0 Å². The highest BCUT2D eigenvalue weighted by Gasteiger charge is 2.25. The van der Waals surface area contributed by atoms with Crippen molar-refractivity contribution in [1.29, 1.82) is 0 Å². The van der Waals surface area contributed by atoms with Crippen LogP contribution >= 0.6 is 15.9 Å². The van der Waals surface area contributed by atoms with E-state index in [-0.39, 0.29) is 0 Å². The number of likely N-dealkylation sites (N-methyl/N-ethyl adjacent to an activating group) is 1. The SMILES string of the molecule is CCN1CCN(C(=O)C(=O)Nc2ccc(Br)c(C)c2)CC1. The first-order chi connectivity index (χ1) is 10.0. The van der Waals surface area contributed by atoms with Crippen LogP contribution in [0, 0.1) is 6.92 Å². The number of amides is 2. The lowest BCUT2D eigenvalue weighted by Gasteiger charge is -2.33. The smallest absolute Gasteiger partial charge is 0.313 e. The summed E-state index contributed by atoms with van der Waals surface area (Å²) >= 11 is 3.41. The van der Waals surface area contributed by atoms with Crippen molar-refractivity contribution in [3.8, 4) is 0 Å². The summed E-state index contributed by atoms with van der Waals surface area (Å²) in [5.74, 6) is -1.02. The van der Waals surface area contributed by atoms with Gasteiger partial charge in [-0.25, -0.2) is 0 Å². The minimum atomic E-state index is -0.568. The molecular formula is C15H20BrN3O2. The predicted octanol–water partition coefficient (Wildman–Crippen LogP) is 1.86. The standard InChI is InChI=1S/C15H20BrN3O2/c1-3-18-6-8-19(9-7-18)15(21)14(20)17-12-4-5-13(16)11(2)10-12/h4-5,10H,3,6-9H2,1-2H3,(H,17,20). The van der Waals surface area contributed by atoms with E-state index in [1.165, 1.54) is 0 Å². The Balaban J connectivity index is 1.93. The summed E-state index contributed by atoms with van der Waals surface area (Å²) in [6.07, 6.45) is 0. The van der Waals surface area contributed by atoms with E-state index in [0.717, 1.165) is 29.7 Å². The zero-order valence-corrected chi connectivity index (χ0v) is 13.9. The van der Waals surface area contributed by atoms with Gasteiger partial charge in [-0.3, -0.25) is 9.59 Å². The van der Waals surface area contributed by atoms with Crippen molar-refractivity contribution in [2.75, 3.05) is 38.0 Å². The van der Waals surface area contributed by atoms with Crippen molar-refractivity contribution in [2.24, 2.45) is 0 Å². The molecular weight excluding hydrogens is 334 g/mol. The topological polar surface area (TPSA) is 52.7 Å². The third-order valence-corrected chi connectivity index (χ3v) is 4.61. The minimum absolute atomic E-state index is 0.452. The fraction of sp³-hybridized carbons (Fsp3) is 0.467. The zero-order chi connectivity index (χ0) is 15.4. The quantitative estimate of drug-likeness (QED) is 0.825. The molecule has 0 radical (unpaired) electrons. The molecule has 5 nitrogen and oxygen atoms in total. The molecule has 1 aromatic carbocycles. The molecule has 21 heavy (non-hydrogen) atoms. The third kappa shape index (κ3) is 4.04. The number of anilines is 1. The Morgan fingerprint density at radius 3 is 2.48 bits per heavy atom. The number of carbonyl (C=O) groups is 2. The second-order valence-corrected chi connectivity index (χ2v) is 6.00. The molecule has 0 atom stereocenters. The van der Waals surface area contributed by atoms with E-state index < -0.39 is 11.8 Å². The summed E-state index contributed by atoms with van der Waals surface area (Å²) < 4.78 is 0.975. The van der Waals surface area contributed by atoms with Crippen LogP contribution in [0.3, 0.4) is 0 Å². The highest BCUT2D eigenvalue weighted by atomic mass is 79.9. The van der Waals surface area contributed by atoms with Gasteiger partial charge in [-0.15, -0.1) is 0 Å². The van der Waals surface area contributed by atoms with Gasteiger partial charge in [0.15, 0.2) is 0 Å². The summed E-state index contributed by atoms with van der Waals surface area (Å²) in [4.78, 5) is 28.0. The zero-order valence-electron chi connectivity index (χ0n) is 12.4. The van der Waals surface area contributed by atoms with Crippen molar-refractivity contribution >= 4 is 33.4 Å². The molecule has 1 heterocycles. The Bertz CT molecular complexity index is 540. The maximum absolute atomic E-state index is 12.1. The van der Waals surface area contributed by atoms with Crippen LogP contribution < -0.4 is 5.32 Å². The number of nitrogens with one attached hydrogen (secondary N) is 1. The number of carbonyl (C=O) groups excluding carboxylic acids is 2. The molecule has 6 heteroatoms. The van der Waals surface area contributed by atoms with Gasteiger partial charge in [0.1, 0.15) is 0 Å². The number of hydrogen-bond acceptors (Lipinski definition) is 3. The monoisotopic (exact) mass is 353 g/mol. The molecule has 1 fully saturated rings. The van der Waals surface area contributed by atoms with Crippen molar-refractivity contribution in [1.82, 2.24) is 9.80 Å². The molecule has 1 saturated heterocycles. The fourth-order valence-corrected chi connectivity index (χ4v) is 2.56. The lowest BCUT2D eigenvalue weighted by molar-refractivity contribution is -0.144. The predicted molar refractivity (Wildman–Crippen MR) is 86.2 cm³/mol. The van der Waals surface area contributed by atoms with E-state index in [4.69, 9.17) is 0 Å². The summed E-state index contributed by atoms with van der Waals surface area (Å²) in [6.45, 7) is 7.89. The molecule has 2 rings (SSSR count). The number of halogens is 1. The average molecular weight is 354 g/mol. The highest BCUT2D eigenvalue weighted by Crippen LogP contribution is 2.20. The van der Waals surface area contributed by atoms with Crippen LogP contribution in [0.4, 0.5) is 5.69 Å². The molecule has 2 amide bonds. The normalized spacial score (nSPS) is 15.9. The molecule has 0 aliphatic carbocycles. The van der Waals surface area contributed by atoms with Crippen LogP contribution in [-0.4, -0.2) is 54.3 Å². The van der Waals surface area contributed by atoms with Crippen LogP contribution in [0.1, 0.15) is 12.5 Å². The van der Waals surface area contributed by atoms with Gasteiger partial charge in [-0.05, 0) is 37.2 Å². The van der Waals surface area contributed by atoms with Gasteiger partial charge in [-0.1, -0.05) is 22.9 Å². The molecule has 0 saturated carbocycles. The van der Waals surface area contributed by atoms with E-state index in [0.29, 0.717) is 18.8 Å². The molecule has 0 bridgehead atoms. The number of nitrogens with zero attached hydrogens (tertiary/aromatic N) is 2. The Morgan fingerprint density at radius 2 is 1.90 bits per heavy atom. The van der Waals surface area contributed by atoms with Gasteiger partial charge in [0.2, 0.25) is 0 Å². The van der Waals surface area contributed by atoms with Crippen molar-refractivity contribution in [3.63, 3.8) is 0 Å². The van der Waals surface area contributed by atoms with Gasteiger partial charge < -0.3 is 15.1 Å². The maximum Gasteiger partial charge on any atom is 0.313 e. The number of hydrogen-bond donors (Lipinski definition) is 1. The molecule has 0 aromatic heterocycles. The fourth-order valence-electron chi connectivity index (χ4n) is 2.32. The van der Waals surface area contributed by atoms with Crippen LogP contribution in [0.15, 0.2) is 22.7 Å². The Labute approximate surface area is 133 Å². The lowest BCUT2D eigenvalue weighted by Crippen LogP contribution is -2.51. The lowest BCUT2D eigenvalue weighted by atomic mass is 10.2. The third-order valence-electron chi connectivity index (χ3n) is 3.72. The molecule has 114 valence electrons. The molecule has 0 unspecified atom stereocenters. The number of benzene rings is 1. The average Bonchev–Trinajstić information content (AvgIpc) is 2.50. The molecule has 0 spiro atoms. The molecule has 1 aliphatic rings. The maximum atomic E-state index is 12.1. The first-order valence-corrected chi connectivity index (χ1v) is 7.89. The van der Waals surface area contributed by atoms with E-state index in [2.05, 4.69) is 33.1 Å². The second-order valence-electron chi connectivity index (χ2n) is 5.14. The van der Waals surface area contributed by atoms with Crippen molar-refractivity contribution in [3.05, 3.63) is 28.2 Å².